The number of ether oxygens (including phenoxy) is 1. The molecule has 0 aliphatic carbocycles. The van der Waals surface area contributed by atoms with Crippen molar-refractivity contribution < 1.29 is 17.3 Å². The zero-order chi connectivity index (χ0) is 15.7. The van der Waals surface area contributed by atoms with Crippen LogP contribution in [0.15, 0.2) is 24.3 Å². The summed E-state index contributed by atoms with van der Waals surface area (Å²) in [5, 5.41) is 0. The van der Waals surface area contributed by atoms with Gasteiger partial charge in [-0.2, -0.15) is 12.7 Å². The maximum absolute atomic E-state index is 11.6. The molecule has 1 aromatic carbocycles. The number of rotatable bonds is 10. The van der Waals surface area contributed by atoms with Gasteiger partial charge in [-0.15, -0.1) is 0 Å². The zero-order valence-corrected chi connectivity index (χ0v) is 13.9. The molecule has 0 saturated carbocycles. The number of hydrogen-bond donors (Lipinski definition) is 0. The van der Waals surface area contributed by atoms with Gasteiger partial charge in [0.15, 0.2) is 0 Å². The molecule has 120 valence electrons. The molecule has 0 aliphatic rings. The van der Waals surface area contributed by atoms with Crippen LogP contribution in [0, 0.1) is 0 Å². The van der Waals surface area contributed by atoms with Crippen LogP contribution in [0.1, 0.15) is 39.0 Å². The summed E-state index contributed by atoms with van der Waals surface area (Å²) in [6.07, 6.45) is 5.96. The Labute approximate surface area is 128 Å². The summed E-state index contributed by atoms with van der Waals surface area (Å²) in [5.74, 6) is 0.999. The largest absolute Gasteiger partial charge is 0.494 e. The van der Waals surface area contributed by atoms with Crippen molar-refractivity contribution in [2.24, 2.45) is 0 Å². The molecule has 1 aromatic rings. The molecule has 0 aromatic heterocycles. The van der Waals surface area contributed by atoms with Crippen LogP contribution in [-0.2, 0) is 10.3 Å². The van der Waals surface area contributed by atoms with Gasteiger partial charge in [-0.1, -0.05) is 32.6 Å². The quantitative estimate of drug-likeness (QED) is 0.622. The van der Waals surface area contributed by atoms with Gasteiger partial charge in [0.1, 0.15) is 11.5 Å². The van der Waals surface area contributed by atoms with Crippen molar-refractivity contribution in [3.05, 3.63) is 24.3 Å². The summed E-state index contributed by atoms with van der Waals surface area (Å²) in [6.45, 7) is 2.87. The van der Waals surface area contributed by atoms with Crippen molar-refractivity contribution in [3.8, 4) is 11.5 Å². The van der Waals surface area contributed by atoms with E-state index in [-0.39, 0.29) is 5.75 Å². The van der Waals surface area contributed by atoms with Gasteiger partial charge in [0.05, 0.1) is 6.61 Å². The molecule has 5 nitrogen and oxygen atoms in total. The van der Waals surface area contributed by atoms with Crippen LogP contribution in [0.25, 0.3) is 0 Å². The summed E-state index contributed by atoms with van der Waals surface area (Å²) in [4.78, 5) is 0. The molecule has 0 heterocycles. The number of benzene rings is 1. The Kier molecular flexibility index (Phi) is 7.53. The van der Waals surface area contributed by atoms with E-state index in [0.717, 1.165) is 16.5 Å². The Balaban J connectivity index is 2.37. The first-order valence-corrected chi connectivity index (χ1v) is 8.67. The predicted molar refractivity (Wildman–Crippen MR) is 83.9 cm³/mol. The number of nitrogens with zero attached hydrogens (tertiary/aromatic N) is 1. The Morgan fingerprint density at radius 2 is 1.52 bits per heavy atom. The fourth-order valence-corrected chi connectivity index (χ4v) is 2.19. The van der Waals surface area contributed by atoms with Gasteiger partial charge in [0.2, 0.25) is 0 Å². The molecule has 0 bridgehead atoms. The molecule has 0 atom stereocenters. The predicted octanol–water partition coefficient (Wildman–Crippen LogP) is 3.22. The highest BCUT2D eigenvalue weighted by Crippen LogP contribution is 2.19. The first-order valence-electron chi connectivity index (χ1n) is 7.30. The Morgan fingerprint density at radius 3 is 2.10 bits per heavy atom. The van der Waals surface area contributed by atoms with Crippen LogP contribution in [-0.4, -0.2) is 33.4 Å². The fourth-order valence-electron chi connectivity index (χ4n) is 1.68. The smallest absolute Gasteiger partial charge is 0.384 e. The monoisotopic (exact) mass is 315 g/mol. The van der Waals surface area contributed by atoms with Crippen molar-refractivity contribution in [1.29, 1.82) is 0 Å². The minimum Gasteiger partial charge on any atom is -0.494 e. The molecule has 0 saturated heterocycles. The van der Waals surface area contributed by atoms with Crippen molar-refractivity contribution in [2.45, 2.75) is 39.0 Å². The summed E-state index contributed by atoms with van der Waals surface area (Å²) in [5.41, 5.74) is 0. The lowest BCUT2D eigenvalue weighted by Crippen LogP contribution is -2.26. The molecular formula is C15H25NO4S. The molecule has 0 N–H and O–H groups in total. The lowest BCUT2D eigenvalue weighted by atomic mass is 10.2. The Morgan fingerprint density at radius 1 is 0.952 bits per heavy atom. The molecule has 0 aliphatic heterocycles. The molecule has 1 rings (SSSR count). The highest BCUT2D eigenvalue weighted by atomic mass is 32.2. The van der Waals surface area contributed by atoms with E-state index in [1.54, 1.807) is 24.3 Å². The van der Waals surface area contributed by atoms with E-state index < -0.39 is 10.3 Å². The fraction of sp³-hybridized carbons (Fsp3) is 0.600. The van der Waals surface area contributed by atoms with E-state index in [1.165, 1.54) is 39.8 Å². The molecular weight excluding hydrogens is 290 g/mol. The summed E-state index contributed by atoms with van der Waals surface area (Å²) in [7, 11) is -0.857. The van der Waals surface area contributed by atoms with Gasteiger partial charge in [-0.05, 0) is 30.7 Å². The SMILES string of the molecule is CCCCCCCOc1ccc(OS(=O)(=O)N(C)C)cc1. The van der Waals surface area contributed by atoms with Crippen LogP contribution < -0.4 is 8.92 Å². The third kappa shape index (κ3) is 6.82. The highest BCUT2D eigenvalue weighted by molar-refractivity contribution is 7.84. The van der Waals surface area contributed by atoms with Gasteiger partial charge in [-0.3, -0.25) is 0 Å². The van der Waals surface area contributed by atoms with Crippen molar-refractivity contribution in [2.75, 3.05) is 20.7 Å². The van der Waals surface area contributed by atoms with Crippen molar-refractivity contribution in [1.82, 2.24) is 4.31 Å². The van der Waals surface area contributed by atoms with E-state index in [2.05, 4.69) is 6.92 Å². The molecule has 0 amide bonds. The van der Waals surface area contributed by atoms with Gasteiger partial charge in [-0.25, -0.2) is 0 Å². The third-order valence-electron chi connectivity index (χ3n) is 2.99. The topological polar surface area (TPSA) is 55.8 Å². The highest BCUT2D eigenvalue weighted by Gasteiger charge is 2.15. The van der Waals surface area contributed by atoms with E-state index in [1.807, 2.05) is 0 Å². The second-order valence-electron chi connectivity index (χ2n) is 5.06. The molecule has 21 heavy (non-hydrogen) atoms. The molecule has 0 spiro atoms. The molecule has 0 unspecified atom stereocenters. The zero-order valence-electron chi connectivity index (χ0n) is 13.0. The molecule has 0 fully saturated rings. The standard InChI is InChI=1S/C15H25NO4S/c1-4-5-6-7-8-13-19-14-9-11-15(12-10-14)20-21(17,18)16(2)3/h9-12H,4-8,13H2,1-3H3. The van der Waals surface area contributed by atoms with Gasteiger partial charge in [0.25, 0.3) is 0 Å². The second-order valence-corrected chi connectivity index (χ2v) is 6.81. The summed E-state index contributed by atoms with van der Waals surface area (Å²) in [6, 6.07) is 6.61. The van der Waals surface area contributed by atoms with Crippen LogP contribution in [0.5, 0.6) is 11.5 Å². The third-order valence-corrected chi connectivity index (χ3v) is 4.29. The van der Waals surface area contributed by atoms with Gasteiger partial charge < -0.3 is 8.92 Å². The Bertz CT molecular complexity index is 497. The van der Waals surface area contributed by atoms with Gasteiger partial charge >= 0.3 is 10.3 Å². The van der Waals surface area contributed by atoms with Crippen LogP contribution in [0.3, 0.4) is 0 Å². The van der Waals surface area contributed by atoms with E-state index in [0.29, 0.717) is 6.61 Å². The number of hydrogen-bond acceptors (Lipinski definition) is 4. The first-order chi connectivity index (χ1) is 9.95. The molecule has 6 heteroatoms. The maximum atomic E-state index is 11.6. The minimum atomic E-state index is -3.70. The average Bonchev–Trinajstić information content (AvgIpc) is 2.44. The number of unbranched alkanes of at least 4 members (excludes halogenated alkanes) is 4. The first kappa shape index (κ1) is 17.8. The normalized spacial score (nSPS) is 11.6. The summed E-state index contributed by atoms with van der Waals surface area (Å²) >= 11 is 0. The van der Waals surface area contributed by atoms with Crippen molar-refractivity contribution >= 4 is 10.3 Å². The van der Waals surface area contributed by atoms with E-state index in [9.17, 15) is 8.42 Å². The van der Waals surface area contributed by atoms with Gasteiger partial charge in [0, 0.05) is 14.1 Å². The maximum Gasteiger partial charge on any atom is 0.384 e. The average molecular weight is 315 g/mol. The summed E-state index contributed by atoms with van der Waals surface area (Å²) < 4.78 is 34.7. The lowest BCUT2D eigenvalue weighted by Gasteiger charge is -2.12. The van der Waals surface area contributed by atoms with Crippen molar-refractivity contribution in [3.63, 3.8) is 0 Å². The van der Waals surface area contributed by atoms with E-state index in [4.69, 9.17) is 8.92 Å². The van der Waals surface area contributed by atoms with Crippen LogP contribution >= 0.6 is 0 Å². The minimum absolute atomic E-state index is 0.277. The lowest BCUT2D eigenvalue weighted by molar-refractivity contribution is 0.304. The van der Waals surface area contributed by atoms with E-state index >= 15 is 0 Å². The Hall–Kier alpha value is -1.27. The second kappa shape index (κ2) is 8.89. The van der Waals surface area contributed by atoms with Crippen LogP contribution in [0.2, 0.25) is 0 Å². The van der Waals surface area contributed by atoms with Crippen LogP contribution in [0.4, 0.5) is 0 Å². The molecule has 0 radical (unpaired) electrons.